The molecule has 0 bridgehead atoms. The van der Waals surface area contributed by atoms with Gasteiger partial charge >= 0.3 is 0 Å². The largest absolute Gasteiger partial charge is 0.349 e. The van der Waals surface area contributed by atoms with Crippen LogP contribution in [0, 0.1) is 11.3 Å². The zero-order valence-electron chi connectivity index (χ0n) is 7.42. The summed E-state index contributed by atoms with van der Waals surface area (Å²) >= 11 is 0. The molecule has 0 aromatic carbocycles. The molecule has 4 heteroatoms. The predicted molar refractivity (Wildman–Crippen MR) is 45.3 cm³/mol. The van der Waals surface area contributed by atoms with Crippen LogP contribution >= 0.6 is 0 Å². The number of nitriles is 1. The SMILES string of the molecule is CN=C(NC(C)C#N)N(C)C. The summed E-state index contributed by atoms with van der Waals surface area (Å²) in [6, 6.07) is 1.87. The summed E-state index contributed by atoms with van der Waals surface area (Å²) in [7, 11) is 5.44. The third-order valence-electron chi connectivity index (χ3n) is 1.17. The van der Waals surface area contributed by atoms with Crippen LogP contribution in [0.2, 0.25) is 0 Å². The first kappa shape index (κ1) is 9.76. The fraction of sp³-hybridized carbons (Fsp3) is 0.714. The second kappa shape index (κ2) is 4.56. The summed E-state index contributed by atoms with van der Waals surface area (Å²) in [4.78, 5) is 5.78. The molecule has 1 unspecified atom stereocenters. The van der Waals surface area contributed by atoms with Gasteiger partial charge in [0, 0.05) is 21.1 Å². The van der Waals surface area contributed by atoms with Crippen molar-refractivity contribution < 1.29 is 0 Å². The Balaban J connectivity index is 4.03. The Hall–Kier alpha value is -1.24. The number of hydrogen-bond donors (Lipinski definition) is 1. The van der Waals surface area contributed by atoms with Gasteiger partial charge in [-0.3, -0.25) is 4.99 Å². The molecular weight excluding hydrogens is 140 g/mol. The maximum absolute atomic E-state index is 8.47. The molecular formula is C7H14N4. The fourth-order valence-electron chi connectivity index (χ4n) is 0.620. The van der Waals surface area contributed by atoms with E-state index in [-0.39, 0.29) is 6.04 Å². The van der Waals surface area contributed by atoms with Gasteiger partial charge < -0.3 is 10.2 Å². The van der Waals surface area contributed by atoms with Gasteiger partial charge in [0.1, 0.15) is 6.04 Å². The van der Waals surface area contributed by atoms with Crippen molar-refractivity contribution in [1.82, 2.24) is 10.2 Å². The average molecular weight is 154 g/mol. The first-order chi connectivity index (χ1) is 5.11. The molecule has 0 saturated carbocycles. The molecule has 0 aliphatic carbocycles. The van der Waals surface area contributed by atoms with Crippen LogP contribution in [0.1, 0.15) is 6.92 Å². The molecule has 11 heavy (non-hydrogen) atoms. The Morgan fingerprint density at radius 2 is 2.18 bits per heavy atom. The molecule has 0 aliphatic rings. The highest BCUT2D eigenvalue weighted by molar-refractivity contribution is 5.79. The van der Waals surface area contributed by atoms with Crippen LogP contribution in [0.15, 0.2) is 4.99 Å². The number of nitrogens with zero attached hydrogens (tertiary/aromatic N) is 3. The molecule has 0 fully saturated rings. The van der Waals surface area contributed by atoms with Crippen LogP contribution in [0.4, 0.5) is 0 Å². The Bertz CT molecular complexity index is 177. The minimum Gasteiger partial charge on any atom is -0.349 e. The van der Waals surface area contributed by atoms with E-state index in [0.717, 1.165) is 5.96 Å². The number of guanidine groups is 1. The molecule has 62 valence electrons. The van der Waals surface area contributed by atoms with E-state index in [9.17, 15) is 0 Å². The lowest BCUT2D eigenvalue weighted by atomic mass is 10.4. The molecule has 0 spiro atoms. The molecule has 0 saturated heterocycles. The number of nitrogens with one attached hydrogen (secondary N) is 1. The van der Waals surface area contributed by atoms with Crippen LogP contribution in [0.25, 0.3) is 0 Å². The molecule has 0 heterocycles. The second-order valence-electron chi connectivity index (χ2n) is 2.44. The van der Waals surface area contributed by atoms with Crippen molar-refractivity contribution in [3.05, 3.63) is 0 Å². The lowest BCUT2D eigenvalue weighted by Gasteiger charge is -2.17. The molecule has 0 aromatic rings. The van der Waals surface area contributed by atoms with E-state index in [4.69, 9.17) is 5.26 Å². The topological polar surface area (TPSA) is 51.4 Å². The predicted octanol–water partition coefficient (Wildman–Crippen LogP) is 0.0355. The maximum Gasteiger partial charge on any atom is 0.194 e. The van der Waals surface area contributed by atoms with Gasteiger partial charge in [0.05, 0.1) is 6.07 Å². The van der Waals surface area contributed by atoms with E-state index < -0.39 is 0 Å². The summed E-state index contributed by atoms with van der Waals surface area (Å²) < 4.78 is 0. The fourth-order valence-corrected chi connectivity index (χ4v) is 0.620. The Labute approximate surface area is 67.5 Å². The molecule has 0 rings (SSSR count). The molecule has 0 amide bonds. The second-order valence-corrected chi connectivity index (χ2v) is 2.44. The van der Waals surface area contributed by atoms with Crippen molar-refractivity contribution in [3.8, 4) is 6.07 Å². The van der Waals surface area contributed by atoms with Crippen molar-refractivity contribution >= 4 is 5.96 Å². The summed E-state index contributed by atoms with van der Waals surface area (Å²) in [5, 5.41) is 11.4. The summed E-state index contributed by atoms with van der Waals surface area (Å²) in [6.45, 7) is 1.79. The van der Waals surface area contributed by atoms with Crippen LogP contribution < -0.4 is 5.32 Å². The first-order valence-corrected chi connectivity index (χ1v) is 3.42. The Morgan fingerprint density at radius 3 is 2.45 bits per heavy atom. The van der Waals surface area contributed by atoms with Gasteiger partial charge in [0.15, 0.2) is 5.96 Å². The van der Waals surface area contributed by atoms with E-state index in [1.165, 1.54) is 0 Å². The van der Waals surface area contributed by atoms with E-state index in [1.807, 2.05) is 19.0 Å². The molecule has 1 atom stereocenters. The zero-order valence-corrected chi connectivity index (χ0v) is 7.42. The van der Waals surface area contributed by atoms with Gasteiger partial charge in [0.25, 0.3) is 0 Å². The lowest BCUT2D eigenvalue weighted by Crippen LogP contribution is -2.40. The third-order valence-corrected chi connectivity index (χ3v) is 1.17. The van der Waals surface area contributed by atoms with Gasteiger partial charge in [-0.25, -0.2) is 0 Å². The molecule has 0 aromatic heterocycles. The monoisotopic (exact) mass is 154 g/mol. The standard InChI is InChI=1S/C7H14N4/c1-6(5-8)10-7(9-2)11(3)4/h6H,1-4H3,(H,9,10). The summed E-state index contributed by atoms with van der Waals surface area (Å²) in [5.41, 5.74) is 0. The highest BCUT2D eigenvalue weighted by atomic mass is 15.3. The van der Waals surface area contributed by atoms with Crippen molar-refractivity contribution in [1.29, 1.82) is 5.26 Å². The highest BCUT2D eigenvalue weighted by Gasteiger charge is 2.03. The van der Waals surface area contributed by atoms with Crippen molar-refractivity contribution in [3.63, 3.8) is 0 Å². The van der Waals surface area contributed by atoms with Crippen molar-refractivity contribution in [2.45, 2.75) is 13.0 Å². The lowest BCUT2D eigenvalue weighted by molar-refractivity contribution is 0.575. The Morgan fingerprint density at radius 1 is 1.64 bits per heavy atom. The van der Waals surface area contributed by atoms with Gasteiger partial charge in [-0.05, 0) is 6.92 Å². The molecule has 0 aliphatic heterocycles. The van der Waals surface area contributed by atoms with Crippen LogP contribution in [0.3, 0.4) is 0 Å². The minimum absolute atomic E-state index is 0.198. The molecule has 4 nitrogen and oxygen atoms in total. The highest BCUT2D eigenvalue weighted by Crippen LogP contribution is 1.82. The number of aliphatic imine (C=N–C) groups is 1. The summed E-state index contributed by atoms with van der Waals surface area (Å²) in [6.07, 6.45) is 0. The van der Waals surface area contributed by atoms with Gasteiger partial charge in [-0.2, -0.15) is 5.26 Å². The number of rotatable bonds is 1. The van der Waals surface area contributed by atoms with E-state index >= 15 is 0 Å². The van der Waals surface area contributed by atoms with Crippen molar-refractivity contribution in [2.75, 3.05) is 21.1 Å². The van der Waals surface area contributed by atoms with Gasteiger partial charge in [-0.1, -0.05) is 0 Å². The van der Waals surface area contributed by atoms with E-state index in [2.05, 4.69) is 16.4 Å². The zero-order chi connectivity index (χ0) is 8.85. The third kappa shape index (κ3) is 3.46. The minimum atomic E-state index is -0.198. The molecule has 0 radical (unpaired) electrons. The van der Waals surface area contributed by atoms with E-state index in [0.29, 0.717) is 0 Å². The summed E-state index contributed by atoms with van der Waals surface area (Å²) in [5.74, 6) is 0.721. The number of hydrogen-bond acceptors (Lipinski definition) is 2. The van der Waals surface area contributed by atoms with E-state index in [1.54, 1.807) is 14.0 Å². The van der Waals surface area contributed by atoms with Crippen LogP contribution in [-0.2, 0) is 0 Å². The quantitative estimate of drug-likeness (QED) is 0.428. The first-order valence-electron chi connectivity index (χ1n) is 3.42. The van der Waals surface area contributed by atoms with Crippen molar-refractivity contribution in [2.24, 2.45) is 4.99 Å². The smallest absolute Gasteiger partial charge is 0.194 e. The normalized spacial score (nSPS) is 13.5. The Kier molecular flexibility index (Phi) is 4.04. The average Bonchev–Trinajstić information content (AvgIpc) is 1.99. The van der Waals surface area contributed by atoms with Gasteiger partial charge in [-0.15, -0.1) is 0 Å². The molecule has 1 N–H and O–H groups in total. The van der Waals surface area contributed by atoms with Crippen LogP contribution in [-0.4, -0.2) is 38.0 Å². The van der Waals surface area contributed by atoms with Crippen LogP contribution in [0.5, 0.6) is 0 Å². The van der Waals surface area contributed by atoms with Gasteiger partial charge in [0.2, 0.25) is 0 Å². The maximum atomic E-state index is 8.47.